The normalized spacial score (nSPS) is 10.8. The van der Waals surface area contributed by atoms with E-state index in [9.17, 15) is 0 Å². The van der Waals surface area contributed by atoms with Crippen molar-refractivity contribution in [2.24, 2.45) is 0 Å². The van der Waals surface area contributed by atoms with Crippen molar-refractivity contribution in [2.45, 2.75) is 20.3 Å². The Bertz CT molecular complexity index is 499. The van der Waals surface area contributed by atoms with Gasteiger partial charge in [0.05, 0.1) is 0 Å². The molecule has 2 rings (SSSR count). The van der Waals surface area contributed by atoms with Gasteiger partial charge in [0.25, 0.3) is 0 Å². The van der Waals surface area contributed by atoms with Crippen molar-refractivity contribution in [3.8, 4) is 10.4 Å². The van der Waals surface area contributed by atoms with Crippen LogP contribution in [0.3, 0.4) is 0 Å². The van der Waals surface area contributed by atoms with Crippen LogP contribution in [0, 0.1) is 13.8 Å². The van der Waals surface area contributed by atoms with E-state index in [0.29, 0.717) is 0 Å². The van der Waals surface area contributed by atoms with E-state index in [4.69, 9.17) is 0 Å². The molecule has 0 amide bonds. The fourth-order valence-corrected chi connectivity index (χ4v) is 3.01. The first-order valence-corrected chi connectivity index (χ1v) is 6.84. The number of hydrogen-bond acceptors (Lipinski definition) is 2. The molecule has 1 heterocycles. The zero-order valence-electron chi connectivity index (χ0n) is 10.7. The lowest BCUT2D eigenvalue weighted by molar-refractivity contribution is 0.799. The van der Waals surface area contributed by atoms with Crippen molar-refractivity contribution in [3.63, 3.8) is 0 Å². The molecule has 0 atom stereocenters. The SMILES string of the molecule is CNCCc1ccc(-c2cccc(C)c2C)s1. The van der Waals surface area contributed by atoms with E-state index in [1.165, 1.54) is 26.4 Å². The largest absolute Gasteiger partial charge is 0.319 e. The summed E-state index contributed by atoms with van der Waals surface area (Å²) >= 11 is 1.91. The smallest absolute Gasteiger partial charge is 0.0348 e. The Morgan fingerprint density at radius 3 is 2.71 bits per heavy atom. The summed E-state index contributed by atoms with van der Waals surface area (Å²) in [5, 5.41) is 3.19. The summed E-state index contributed by atoms with van der Waals surface area (Å²) in [7, 11) is 2.00. The van der Waals surface area contributed by atoms with Gasteiger partial charge in [0, 0.05) is 9.75 Å². The standard InChI is InChI=1S/C15H19NS/c1-11-5-4-6-14(12(11)2)15-8-7-13(17-15)9-10-16-3/h4-8,16H,9-10H2,1-3H3. The van der Waals surface area contributed by atoms with E-state index in [-0.39, 0.29) is 0 Å². The van der Waals surface area contributed by atoms with Crippen LogP contribution in [-0.4, -0.2) is 13.6 Å². The first-order chi connectivity index (χ1) is 8.22. The molecule has 0 aliphatic carbocycles. The average Bonchev–Trinajstić information content (AvgIpc) is 2.78. The van der Waals surface area contributed by atoms with Crippen molar-refractivity contribution in [1.82, 2.24) is 5.32 Å². The number of rotatable bonds is 4. The van der Waals surface area contributed by atoms with E-state index in [1.807, 2.05) is 18.4 Å². The molecule has 2 aromatic rings. The molecule has 17 heavy (non-hydrogen) atoms. The molecule has 0 bridgehead atoms. The second-order valence-electron chi connectivity index (χ2n) is 4.37. The Morgan fingerprint density at radius 2 is 1.94 bits per heavy atom. The van der Waals surface area contributed by atoms with Gasteiger partial charge in [-0.3, -0.25) is 0 Å². The third-order valence-electron chi connectivity index (χ3n) is 3.15. The van der Waals surface area contributed by atoms with Gasteiger partial charge < -0.3 is 5.32 Å². The summed E-state index contributed by atoms with van der Waals surface area (Å²) in [6, 6.07) is 11.0. The van der Waals surface area contributed by atoms with E-state index in [1.54, 1.807) is 0 Å². The van der Waals surface area contributed by atoms with Crippen LogP contribution in [0.25, 0.3) is 10.4 Å². The van der Waals surface area contributed by atoms with Crippen molar-refractivity contribution < 1.29 is 0 Å². The quantitative estimate of drug-likeness (QED) is 0.864. The Labute approximate surface area is 108 Å². The lowest BCUT2D eigenvalue weighted by Crippen LogP contribution is -2.09. The predicted molar refractivity (Wildman–Crippen MR) is 76.9 cm³/mol. The predicted octanol–water partition coefficient (Wildman–Crippen LogP) is 3.79. The second-order valence-corrected chi connectivity index (χ2v) is 5.54. The van der Waals surface area contributed by atoms with Crippen molar-refractivity contribution in [3.05, 3.63) is 46.3 Å². The van der Waals surface area contributed by atoms with Gasteiger partial charge in [-0.1, -0.05) is 18.2 Å². The summed E-state index contributed by atoms with van der Waals surface area (Å²) < 4.78 is 0. The molecule has 1 aromatic heterocycles. The maximum Gasteiger partial charge on any atom is 0.0348 e. The van der Waals surface area contributed by atoms with Gasteiger partial charge in [0.1, 0.15) is 0 Å². The fourth-order valence-electron chi connectivity index (χ4n) is 1.92. The number of nitrogens with one attached hydrogen (secondary N) is 1. The highest BCUT2D eigenvalue weighted by molar-refractivity contribution is 7.15. The molecular weight excluding hydrogens is 226 g/mol. The molecule has 0 radical (unpaired) electrons. The minimum atomic E-state index is 1.05. The van der Waals surface area contributed by atoms with E-state index in [0.717, 1.165) is 13.0 Å². The van der Waals surface area contributed by atoms with Gasteiger partial charge in [-0.2, -0.15) is 0 Å². The van der Waals surface area contributed by atoms with Gasteiger partial charge in [0.2, 0.25) is 0 Å². The van der Waals surface area contributed by atoms with Gasteiger partial charge in [-0.05, 0) is 62.7 Å². The molecule has 0 aliphatic heterocycles. The number of likely N-dealkylation sites (N-methyl/N-ethyl adjacent to an activating group) is 1. The molecule has 2 heteroatoms. The molecule has 1 aromatic carbocycles. The van der Waals surface area contributed by atoms with Gasteiger partial charge in [-0.15, -0.1) is 11.3 Å². The number of aryl methyl sites for hydroxylation is 1. The number of hydrogen-bond donors (Lipinski definition) is 1. The van der Waals surface area contributed by atoms with E-state index >= 15 is 0 Å². The molecule has 0 spiro atoms. The van der Waals surface area contributed by atoms with Gasteiger partial charge in [0.15, 0.2) is 0 Å². The van der Waals surface area contributed by atoms with Gasteiger partial charge in [-0.25, -0.2) is 0 Å². The molecular formula is C15H19NS. The Hall–Kier alpha value is -1.12. The highest BCUT2D eigenvalue weighted by Crippen LogP contribution is 2.31. The van der Waals surface area contributed by atoms with Crippen LogP contribution in [-0.2, 0) is 6.42 Å². The molecule has 0 saturated heterocycles. The van der Waals surface area contributed by atoms with Crippen LogP contribution in [0.1, 0.15) is 16.0 Å². The molecule has 90 valence electrons. The molecule has 0 saturated carbocycles. The highest BCUT2D eigenvalue weighted by Gasteiger charge is 2.06. The molecule has 1 N–H and O–H groups in total. The number of thiophene rings is 1. The van der Waals surface area contributed by atoms with Crippen molar-refractivity contribution >= 4 is 11.3 Å². The minimum Gasteiger partial charge on any atom is -0.319 e. The third-order valence-corrected chi connectivity index (χ3v) is 4.33. The van der Waals surface area contributed by atoms with Gasteiger partial charge >= 0.3 is 0 Å². The van der Waals surface area contributed by atoms with Crippen LogP contribution in [0.2, 0.25) is 0 Å². The summed E-state index contributed by atoms with van der Waals surface area (Å²) in [4.78, 5) is 2.84. The summed E-state index contributed by atoms with van der Waals surface area (Å²) in [5.41, 5.74) is 4.15. The van der Waals surface area contributed by atoms with Crippen molar-refractivity contribution in [2.75, 3.05) is 13.6 Å². The van der Waals surface area contributed by atoms with Crippen LogP contribution in [0.5, 0.6) is 0 Å². The van der Waals surface area contributed by atoms with Crippen molar-refractivity contribution in [1.29, 1.82) is 0 Å². The van der Waals surface area contributed by atoms with Crippen LogP contribution < -0.4 is 5.32 Å². The first kappa shape index (κ1) is 12.3. The first-order valence-electron chi connectivity index (χ1n) is 6.02. The zero-order chi connectivity index (χ0) is 12.3. The van der Waals surface area contributed by atoms with Crippen LogP contribution in [0.4, 0.5) is 0 Å². The average molecular weight is 245 g/mol. The second kappa shape index (κ2) is 5.48. The highest BCUT2D eigenvalue weighted by atomic mass is 32.1. The summed E-state index contributed by atoms with van der Waals surface area (Å²) in [6.07, 6.45) is 1.12. The molecule has 0 aliphatic rings. The van der Waals surface area contributed by atoms with Crippen LogP contribution >= 0.6 is 11.3 Å². The van der Waals surface area contributed by atoms with Crippen LogP contribution in [0.15, 0.2) is 30.3 Å². The zero-order valence-corrected chi connectivity index (χ0v) is 11.5. The molecule has 0 unspecified atom stereocenters. The van der Waals surface area contributed by atoms with E-state index in [2.05, 4.69) is 49.5 Å². The maximum absolute atomic E-state index is 3.19. The Balaban J connectivity index is 2.27. The minimum absolute atomic E-state index is 1.05. The monoisotopic (exact) mass is 245 g/mol. The lowest BCUT2D eigenvalue weighted by Gasteiger charge is -2.05. The Kier molecular flexibility index (Phi) is 3.97. The van der Waals surface area contributed by atoms with E-state index < -0.39 is 0 Å². The third kappa shape index (κ3) is 2.76. The topological polar surface area (TPSA) is 12.0 Å². The maximum atomic E-state index is 3.19. The summed E-state index contributed by atoms with van der Waals surface area (Å²) in [5.74, 6) is 0. The Morgan fingerprint density at radius 1 is 1.12 bits per heavy atom. The summed E-state index contributed by atoms with van der Waals surface area (Å²) in [6.45, 7) is 5.43. The molecule has 0 fully saturated rings. The molecule has 1 nitrogen and oxygen atoms in total. The lowest BCUT2D eigenvalue weighted by atomic mass is 10.0. The number of benzene rings is 1. The fraction of sp³-hybridized carbons (Fsp3) is 0.333.